The Labute approximate surface area is 128 Å². The van der Waals surface area contributed by atoms with Crippen molar-refractivity contribution in [2.24, 2.45) is 0 Å². The molecule has 0 aliphatic rings. The Morgan fingerprint density at radius 2 is 2.05 bits per heavy atom. The molecule has 0 atom stereocenters. The van der Waals surface area contributed by atoms with E-state index in [4.69, 9.17) is 5.26 Å². The Kier molecular flexibility index (Phi) is 4.30. The summed E-state index contributed by atoms with van der Waals surface area (Å²) in [6, 6.07) is 12.5. The Bertz CT molecular complexity index is 768. The number of carbonyl (C=O) groups excluding carboxylic acids is 1. The number of nitro benzene ring substituents is 1. The quantitative estimate of drug-likeness (QED) is 0.680. The molecule has 0 aromatic heterocycles. The van der Waals surface area contributed by atoms with Crippen molar-refractivity contribution in [1.29, 1.82) is 5.26 Å². The van der Waals surface area contributed by atoms with Crippen LogP contribution in [0.25, 0.3) is 0 Å². The lowest BCUT2D eigenvalue weighted by Crippen LogP contribution is -2.12. The SMILES string of the molecule is N#Cc1cccc(NC(=O)c2ccc(Br)c([N+](=O)[O-])c2)c1. The zero-order valence-electron chi connectivity index (χ0n) is 10.5. The van der Waals surface area contributed by atoms with Crippen molar-refractivity contribution in [3.63, 3.8) is 0 Å². The summed E-state index contributed by atoms with van der Waals surface area (Å²) in [5, 5.41) is 22.2. The number of nitrogens with zero attached hydrogens (tertiary/aromatic N) is 2. The molecule has 0 spiro atoms. The van der Waals surface area contributed by atoms with Gasteiger partial charge in [0.1, 0.15) is 0 Å². The number of hydrogen-bond acceptors (Lipinski definition) is 4. The van der Waals surface area contributed by atoms with E-state index in [0.717, 1.165) is 0 Å². The maximum Gasteiger partial charge on any atom is 0.284 e. The summed E-state index contributed by atoms with van der Waals surface area (Å²) in [5.41, 5.74) is 0.833. The number of benzene rings is 2. The van der Waals surface area contributed by atoms with E-state index >= 15 is 0 Å². The predicted molar refractivity (Wildman–Crippen MR) is 79.9 cm³/mol. The van der Waals surface area contributed by atoms with Crippen LogP contribution in [0, 0.1) is 21.4 Å². The summed E-state index contributed by atoms with van der Waals surface area (Å²) in [4.78, 5) is 22.3. The first-order valence-electron chi connectivity index (χ1n) is 5.76. The van der Waals surface area contributed by atoms with Gasteiger partial charge in [0.25, 0.3) is 11.6 Å². The summed E-state index contributed by atoms with van der Waals surface area (Å²) in [6.45, 7) is 0. The molecule has 0 saturated heterocycles. The van der Waals surface area contributed by atoms with E-state index in [0.29, 0.717) is 15.7 Å². The molecular formula is C14H8BrN3O3. The van der Waals surface area contributed by atoms with Crippen LogP contribution in [-0.4, -0.2) is 10.8 Å². The molecule has 2 aromatic rings. The highest BCUT2D eigenvalue weighted by molar-refractivity contribution is 9.10. The van der Waals surface area contributed by atoms with E-state index < -0.39 is 10.8 Å². The molecule has 0 saturated carbocycles. The second kappa shape index (κ2) is 6.15. The first-order chi connectivity index (χ1) is 10.0. The van der Waals surface area contributed by atoms with Gasteiger partial charge in [-0.2, -0.15) is 5.26 Å². The highest BCUT2D eigenvalue weighted by Crippen LogP contribution is 2.26. The van der Waals surface area contributed by atoms with E-state index in [1.54, 1.807) is 18.2 Å². The molecule has 6 nitrogen and oxygen atoms in total. The average Bonchev–Trinajstić information content (AvgIpc) is 2.47. The number of carbonyl (C=O) groups is 1. The van der Waals surface area contributed by atoms with Gasteiger partial charge in [0.05, 0.1) is 21.0 Å². The van der Waals surface area contributed by atoms with Gasteiger partial charge in [-0.05, 0) is 46.3 Å². The first-order valence-corrected chi connectivity index (χ1v) is 6.56. The topological polar surface area (TPSA) is 96.0 Å². The first kappa shape index (κ1) is 14.7. The van der Waals surface area contributed by atoms with Crippen molar-refractivity contribution < 1.29 is 9.72 Å². The number of anilines is 1. The van der Waals surface area contributed by atoms with Crippen molar-refractivity contribution in [1.82, 2.24) is 0 Å². The van der Waals surface area contributed by atoms with Crippen LogP contribution in [0.2, 0.25) is 0 Å². The molecule has 104 valence electrons. The Morgan fingerprint density at radius 1 is 1.29 bits per heavy atom. The highest BCUT2D eigenvalue weighted by atomic mass is 79.9. The van der Waals surface area contributed by atoms with Gasteiger partial charge in [-0.3, -0.25) is 14.9 Å². The molecule has 0 unspecified atom stereocenters. The minimum Gasteiger partial charge on any atom is -0.322 e. The summed E-state index contributed by atoms with van der Waals surface area (Å²) < 4.78 is 0.301. The fourth-order valence-corrected chi connectivity index (χ4v) is 2.05. The summed E-state index contributed by atoms with van der Waals surface area (Å²) >= 11 is 3.06. The zero-order chi connectivity index (χ0) is 15.4. The standard InChI is InChI=1S/C14H8BrN3O3/c15-12-5-4-10(7-13(12)18(20)21)14(19)17-11-3-1-2-9(6-11)8-16/h1-7H,(H,17,19). The van der Waals surface area contributed by atoms with E-state index in [2.05, 4.69) is 21.2 Å². The molecule has 2 aromatic carbocycles. The maximum atomic E-state index is 12.1. The van der Waals surface area contributed by atoms with Crippen LogP contribution in [0.3, 0.4) is 0 Å². The second-order valence-electron chi connectivity index (χ2n) is 4.07. The van der Waals surface area contributed by atoms with Crippen molar-refractivity contribution in [3.8, 4) is 6.07 Å². The number of rotatable bonds is 3. The van der Waals surface area contributed by atoms with E-state index in [-0.39, 0.29) is 11.3 Å². The predicted octanol–water partition coefficient (Wildman–Crippen LogP) is 3.48. The molecule has 0 aliphatic carbocycles. The second-order valence-corrected chi connectivity index (χ2v) is 4.92. The minimum atomic E-state index is -0.572. The zero-order valence-corrected chi connectivity index (χ0v) is 12.1. The number of nitriles is 1. The number of amides is 1. The molecule has 1 N–H and O–H groups in total. The lowest BCUT2D eigenvalue weighted by Gasteiger charge is -2.06. The largest absolute Gasteiger partial charge is 0.322 e. The van der Waals surface area contributed by atoms with Crippen molar-refractivity contribution in [2.45, 2.75) is 0 Å². The third kappa shape index (κ3) is 3.43. The van der Waals surface area contributed by atoms with Crippen LogP contribution in [0.1, 0.15) is 15.9 Å². The van der Waals surface area contributed by atoms with E-state index in [1.165, 1.54) is 24.3 Å². The molecule has 1 amide bonds. The van der Waals surface area contributed by atoms with Crippen molar-refractivity contribution >= 4 is 33.2 Å². The van der Waals surface area contributed by atoms with Crippen LogP contribution < -0.4 is 5.32 Å². The molecule has 0 radical (unpaired) electrons. The van der Waals surface area contributed by atoms with Gasteiger partial charge >= 0.3 is 0 Å². The smallest absolute Gasteiger partial charge is 0.284 e. The summed E-state index contributed by atoms with van der Waals surface area (Å²) in [5.74, 6) is -0.485. The van der Waals surface area contributed by atoms with Crippen LogP contribution in [0.15, 0.2) is 46.9 Å². The number of nitrogens with one attached hydrogen (secondary N) is 1. The van der Waals surface area contributed by atoms with E-state index in [9.17, 15) is 14.9 Å². The van der Waals surface area contributed by atoms with Gasteiger partial charge in [0, 0.05) is 17.3 Å². The van der Waals surface area contributed by atoms with Crippen LogP contribution in [0.4, 0.5) is 11.4 Å². The Balaban J connectivity index is 2.26. The molecule has 2 rings (SSSR count). The lowest BCUT2D eigenvalue weighted by atomic mass is 10.1. The fraction of sp³-hybridized carbons (Fsp3) is 0. The van der Waals surface area contributed by atoms with Crippen LogP contribution in [0.5, 0.6) is 0 Å². The highest BCUT2D eigenvalue weighted by Gasteiger charge is 2.16. The Hall–Kier alpha value is -2.72. The molecule has 21 heavy (non-hydrogen) atoms. The van der Waals surface area contributed by atoms with Crippen LogP contribution in [-0.2, 0) is 0 Å². The number of hydrogen-bond donors (Lipinski definition) is 1. The average molecular weight is 346 g/mol. The number of nitro groups is 1. The summed E-state index contributed by atoms with van der Waals surface area (Å²) in [7, 11) is 0. The van der Waals surface area contributed by atoms with Gasteiger partial charge < -0.3 is 5.32 Å². The molecule has 0 aliphatic heterocycles. The lowest BCUT2D eigenvalue weighted by molar-refractivity contribution is -0.385. The van der Waals surface area contributed by atoms with Gasteiger partial charge in [-0.15, -0.1) is 0 Å². The van der Waals surface area contributed by atoms with Gasteiger partial charge in [-0.25, -0.2) is 0 Å². The Morgan fingerprint density at radius 3 is 2.71 bits per heavy atom. The fourth-order valence-electron chi connectivity index (χ4n) is 1.66. The molecule has 7 heteroatoms. The minimum absolute atomic E-state index is 0.160. The third-order valence-corrected chi connectivity index (χ3v) is 3.33. The van der Waals surface area contributed by atoms with Crippen molar-refractivity contribution in [3.05, 3.63) is 68.2 Å². The van der Waals surface area contributed by atoms with Gasteiger partial charge in [-0.1, -0.05) is 6.07 Å². The molecular weight excluding hydrogens is 338 g/mol. The number of halogens is 1. The normalized spacial score (nSPS) is 9.71. The molecule has 0 fully saturated rings. The van der Waals surface area contributed by atoms with Crippen LogP contribution >= 0.6 is 15.9 Å². The summed E-state index contributed by atoms with van der Waals surface area (Å²) in [6.07, 6.45) is 0. The molecule has 0 heterocycles. The van der Waals surface area contributed by atoms with Gasteiger partial charge in [0.2, 0.25) is 0 Å². The third-order valence-electron chi connectivity index (χ3n) is 2.65. The maximum absolute atomic E-state index is 12.1. The van der Waals surface area contributed by atoms with Gasteiger partial charge in [0.15, 0.2) is 0 Å². The van der Waals surface area contributed by atoms with Crippen molar-refractivity contribution in [2.75, 3.05) is 5.32 Å². The van der Waals surface area contributed by atoms with E-state index in [1.807, 2.05) is 6.07 Å². The monoisotopic (exact) mass is 345 g/mol. The molecule has 0 bridgehead atoms.